The number of rotatable bonds is 5. The molecule has 6 nitrogen and oxygen atoms in total. The second-order valence-electron chi connectivity index (χ2n) is 7.16. The normalized spacial score (nSPS) is 22.9. The Bertz CT molecular complexity index is 961. The fourth-order valence-electron chi connectivity index (χ4n) is 3.43. The molecule has 1 aliphatic heterocycles. The predicted molar refractivity (Wildman–Crippen MR) is 112 cm³/mol. The van der Waals surface area contributed by atoms with Crippen LogP contribution in [0.3, 0.4) is 0 Å². The van der Waals surface area contributed by atoms with Gasteiger partial charge in [0.15, 0.2) is 0 Å². The number of ether oxygens (including phenoxy) is 1. The lowest BCUT2D eigenvalue weighted by Crippen LogP contribution is -2.53. The van der Waals surface area contributed by atoms with Crippen LogP contribution in [-0.2, 0) is 14.8 Å². The van der Waals surface area contributed by atoms with Gasteiger partial charge in [-0.05, 0) is 43.5 Å². The summed E-state index contributed by atoms with van der Waals surface area (Å²) in [6.07, 6.45) is 0.355. The summed E-state index contributed by atoms with van der Waals surface area (Å²) in [4.78, 5) is 4.47. The van der Waals surface area contributed by atoms with E-state index in [9.17, 15) is 13.5 Å². The Labute approximate surface area is 173 Å². The molecule has 28 heavy (non-hydrogen) atoms. The smallest absolute Gasteiger partial charge is 0.299 e. The third-order valence-electron chi connectivity index (χ3n) is 4.54. The van der Waals surface area contributed by atoms with Gasteiger partial charge in [-0.15, -0.1) is 0 Å². The van der Waals surface area contributed by atoms with Crippen molar-refractivity contribution in [2.75, 3.05) is 6.61 Å². The van der Waals surface area contributed by atoms with E-state index < -0.39 is 26.9 Å². The summed E-state index contributed by atoms with van der Waals surface area (Å²) in [5.41, 5.74) is 0.462. The molecule has 0 spiro atoms. The molecule has 3 rings (SSSR count). The standard InChI is InChI=1S/C20H23BrN2O4S/c1-20(2)18(15-9-6-10-16(21)13-15)28(25,26)23-19(27-20)22-17(11-12-24)14-7-4-3-5-8-14/h3-10,13,17-18,24H,11-12H2,1-2H3,(H,22,23)/t17-,18?/m0/s1. The van der Waals surface area contributed by atoms with Crippen LogP contribution in [0.25, 0.3) is 0 Å². The molecule has 0 saturated carbocycles. The predicted octanol–water partition coefficient (Wildman–Crippen LogP) is 3.70. The van der Waals surface area contributed by atoms with Crippen LogP contribution in [0.15, 0.2) is 64.1 Å². The Morgan fingerprint density at radius 1 is 1.21 bits per heavy atom. The molecular weight excluding hydrogens is 444 g/mol. The number of aliphatic hydroxyl groups is 1. The summed E-state index contributed by atoms with van der Waals surface area (Å²) in [6.45, 7) is 3.39. The van der Waals surface area contributed by atoms with Crippen molar-refractivity contribution in [1.29, 1.82) is 0 Å². The third kappa shape index (κ3) is 4.56. The van der Waals surface area contributed by atoms with E-state index in [2.05, 4.69) is 25.6 Å². The molecular formula is C20H23BrN2O4S. The van der Waals surface area contributed by atoms with Gasteiger partial charge in [-0.3, -0.25) is 0 Å². The van der Waals surface area contributed by atoms with Gasteiger partial charge in [-0.1, -0.05) is 58.4 Å². The summed E-state index contributed by atoms with van der Waals surface area (Å²) in [5.74, 6) is 0. The number of aliphatic hydroxyl groups excluding tert-OH is 1. The molecule has 1 unspecified atom stereocenters. The van der Waals surface area contributed by atoms with E-state index in [4.69, 9.17) is 4.74 Å². The number of aliphatic imine (C=N–C) groups is 1. The average Bonchev–Trinajstić information content (AvgIpc) is 2.60. The van der Waals surface area contributed by atoms with Gasteiger partial charge in [0.05, 0.1) is 6.04 Å². The Morgan fingerprint density at radius 3 is 2.54 bits per heavy atom. The summed E-state index contributed by atoms with van der Waals surface area (Å²) in [7, 11) is -3.78. The van der Waals surface area contributed by atoms with Crippen molar-refractivity contribution in [2.45, 2.75) is 37.2 Å². The summed E-state index contributed by atoms with van der Waals surface area (Å²) in [5, 5.41) is 8.50. The highest BCUT2D eigenvalue weighted by atomic mass is 79.9. The molecule has 0 aliphatic carbocycles. The molecule has 2 aromatic carbocycles. The topological polar surface area (TPSA) is 88.0 Å². The Kier molecular flexibility index (Phi) is 6.12. The zero-order valence-electron chi connectivity index (χ0n) is 15.7. The van der Waals surface area contributed by atoms with E-state index >= 15 is 0 Å². The van der Waals surface area contributed by atoms with Crippen molar-refractivity contribution in [3.05, 3.63) is 70.2 Å². The Morgan fingerprint density at radius 2 is 1.93 bits per heavy atom. The summed E-state index contributed by atoms with van der Waals surface area (Å²) >= 11 is 3.39. The van der Waals surface area contributed by atoms with Crippen LogP contribution in [0.4, 0.5) is 0 Å². The van der Waals surface area contributed by atoms with Crippen molar-refractivity contribution in [2.24, 2.45) is 4.99 Å². The number of sulfonamides is 1. The van der Waals surface area contributed by atoms with Crippen LogP contribution in [0.1, 0.15) is 42.7 Å². The van der Waals surface area contributed by atoms with Gasteiger partial charge in [-0.2, -0.15) is 0 Å². The molecule has 0 amide bonds. The number of hydrogen-bond donors (Lipinski definition) is 2. The lowest BCUT2D eigenvalue weighted by Gasteiger charge is -2.39. The maximum absolute atomic E-state index is 13.1. The van der Waals surface area contributed by atoms with Crippen molar-refractivity contribution in [1.82, 2.24) is 4.72 Å². The summed E-state index contributed by atoms with van der Waals surface area (Å²) in [6, 6.07) is 16.1. The Balaban J connectivity index is 1.96. The van der Waals surface area contributed by atoms with E-state index in [1.54, 1.807) is 32.0 Å². The molecule has 0 radical (unpaired) electrons. The number of nitrogens with zero attached hydrogens (tertiary/aromatic N) is 1. The van der Waals surface area contributed by atoms with Gasteiger partial charge < -0.3 is 9.84 Å². The first-order chi connectivity index (χ1) is 13.2. The molecule has 150 valence electrons. The number of hydrogen-bond acceptors (Lipinski definition) is 5. The van der Waals surface area contributed by atoms with Crippen LogP contribution in [0.2, 0.25) is 0 Å². The van der Waals surface area contributed by atoms with Crippen molar-refractivity contribution < 1.29 is 18.3 Å². The first kappa shape index (κ1) is 20.8. The highest BCUT2D eigenvalue weighted by Crippen LogP contribution is 2.39. The van der Waals surface area contributed by atoms with E-state index in [0.717, 1.165) is 10.0 Å². The lowest BCUT2D eigenvalue weighted by atomic mass is 9.97. The summed E-state index contributed by atoms with van der Waals surface area (Å²) < 4.78 is 35.4. The van der Waals surface area contributed by atoms with E-state index in [1.165, 1.54) is 0 Å². The second kappa shape index (κ2) is 8.23. The molecule has 1 aliphatic rings. The fraction of sp³-hybridized carbons (Fsp3) is 0.350. The van der Waals surface area contributed by atoms with Crippen LogP contribution in [0, 0.1) is 0 Å². The average molecular weight is 467 g/mol. The molecule has 1 fully saturated rings. The van der Waals surface area contributed by atoms with Gasteiger partial charge in [0.25, 0.3) is 6.02 Å². The Hall–Kier alpha value is -1.90. The largest absolute Gasteiger partial charge is 0.457 e. The van der Waals surface area contributed by atoms with Crippen LogP contribution < -0.4 is 4.72 Å². The maximum Gasteiger partial charge on any atom is 0.299 e. The molecule has 1 saturated heterocycles. The highest BCUT2D eigenvalue weighted by molar-refractivity contribution is 9.10. The number of amidine groups is 1. The minimum atomic E-state index is -3.78. The minimum absolute atomic E-state index is 0.0569. The zero-order valence-corrected chi connectivity index (χ0v) is 18.1. The van der Waals surface area contributed by atoms with E-state index in [-0.39, 0.29) is 12.6 Å². The number of nitrogens with one attached hydrogen (secondary N) is 1. The molecule has 2 aromatic rings. The van der Waals surface area contributed by atoms with Gasteiger partial charge in [-0.25, -0.2) is 18.1 Å². The van der Waals surface area contributed by atoms with Crippen molar-refractivity contribution in [3.8, 4) is 0 Å². The minimum Gasteiger partial charge on any atom is -0.457 e. The molecule has 1 heterocycles. The lowest BCUT2D eigenvalue weighted by molar-refractivity contribution is 0.0758. The van der Waals surface area contributed by atoms with Crippen molar-refractivity contribution >= 4 is 32.0 Å². The quantitative estimate of drug-likeness (QED) is 0.702. The van der Waals surface area contributed by atoms with Crippen LogP contribution in [0.5, 0.6) is 0 Å². The molecule has 8 heteroatoms. The monoisotopic (exact) mass is 466 g/mol. The zero-order chi connectivity index (χ0) is 20.4. The van der Waals surface area contributed by atoms with Gasteiger partial charge >= 0.3 is 0 Å². The first-order valence-electron chi connectivity index (χ1n) is 8.92. The number of benzene rings is 2. The molecule has 2 N–H and O–H groups in total. The molecule has 2 atom stereocenters. The molecule has 0 bridgehead atoms. The van der Waals surface area contributed by atoms with Gasteiger partial charge in [0, 0.05) is 11.1 Å². The maximum atomic E-state index is 13.1. The van der Waals surface area contributed by atoms with Crippen LogP contribution >= 0.6 is 15.9 Å². The van der Waals surface area contributed by atoms with Gasteiger partial charge in [0.2, 0.25) is 10.0 Å². The number of halogens is 1. The molecule has 0 aromatic heterocycles. The van der Waals surface area contributed by atoms with Gasteiger partial charge in [0.1, 0.15) is 10.9 Å². The highest BCUT2D eigenvalue weighted by Gasteiger charge is 2.48. The fourth-order valence-corrected chi connectivity index (χ4v) is 5.60. The van der Waals surface area contributed by atoms with E-state index in [1.807, 2.05) is 36.4 Å². The van der Waals surface area contributed by atoms with Crippen molar-refractivity contribution in [3.63, 3.8) is 0 Å². The second-order valence-corrected chi connectivity index (χ2v) is 9.84. The third-order valence-corrected chi connectivity index (χ3v) is 6.96. The van der Waals surface area contributed by atoms with E-state index in [0.29, 0.717) is 12.0 Å². The first-order valence-corrected chi connectivity index (χ1v) is 11.3. The van der Waals surface area contributed by atoms with Crippen LogP contribution in [-0.4, -0.2) is 31.8 Å². The SMILES string of the molecule is CC1(C)OC(=N[C@@H](CCO)c2ccccc2)NS(=O)(=O)C1c1cccc(Br)c1.